The van der Waals surface area contributed by atoms with E-state index in [1.54, 1.807) is 4.90 Å². The van der Waals surface area contributed by atoms with Crippen molar-refractivity contribution >= 4 is 11.7 Å². The number of hydrogen-bond donors (Lipinski definition) is 1. The van der Waals surface area contributed by atoms with Gasteiger partial charge in [-0.15, -0.1) is 0 Å². The molecule has 1 amide bonds. The quantitative estimate of drug-likeness (QED) is 0.760. The molecule has 1 aliphatic heterocycles. The van der Waals surface area contributed by atoms with Crippen LogP contribution in [0.1, 0.15) is 53.4 Å². The van der Waals surface area contributed by atoms with Gasteiger partial charge in [-0.25, -0.2) is 0 Å². The molecule has 0 aromatic carbocycles. The third-order valence-electron chi connectivity index (χ3n) is 3.11. The zero-order valence-electron chi connectivity index (χ0n) is 12.1. The van der Waals surface area contributed by atoms with E-state index in [0.29, 0.717) is 0 Å². The number of likely N-dealkylation sites (tertiary alicyclic amines) is 1. The van der Waals surface area contributed by atoms with Gasteiger partial charge < -0.3 is 10.2 Å². The van der Waals surface area contributed by atoms with Crippen LogP contribution in [-0.4, -0.2) is 41.3 Å². The third-order valence-corrected chi connectivity index (χ3v) is 3.11. The van der Waals surface area contributed by atoms with Crippen molar-refractivity contribution in [1.82, 2.24) is 10.2 Å². The molecular weight excluding hydrogens is 228 g/mol. The predicted octanol–water partition coefficient (Wildman–Crippen LogP) is 1.73. The molecule has 0 saturated carbocycles. The monoisotopic (exact) mass is 254 g/mol. The first-order chi connectivity index (χ1) is 8.35. The zero-order valence-corrected chi connectivity index (χ0v) is 12.1. The number of hydrogen-bond acceptors (Lipinski definition) is 3. The van der Waals surface area contributed by atoms with Crippen LogP contribution in [0.5, 0.6) is 0 Å². The molecule has 0 aromatic heterocycles. The summed E-state index contributed by atoms with van der Waals surface area (Å²) in [6.45, 7) is 9.55. The van der Waals surface area contributed by atoms with E-state index < -0.39 is 0 Å². The number of amides is 1. The van der Waals surface area contributed by atoms with E-state index in [-0.39, 0.29) is 23.3 Å². The minimum absolute atomic E-state index is 0.152. The molecule has 1 fully saturated rings. The van der Waals surface area contributed by atoms with E-state index in [9.17, 15) is 9.59 Å². The lowest BCUT2D eigenvalue weighted by Gasteiger charge is -2.28. The van der Waals surface area contributed by atoms with Crippen LogP contribution in [0, 0.1) is 0 Å². The summed E-state index contributed by atoms with van der Waals surface area (Å²) < 4.78 is 0. The first-order valence-electron chi connectivity index (χ1n) is 6.96. The number of ketones is 1. The Kier molecular flexibility index (Phi) is 5.32. The summed E-state index contributed by atoms with van der Waals surface area (Å²) in [7, 11) is 0. The number of rotatable bonds is 5. The van der Waals surface area contributed by atoms with Gasteiger partial charge in [-0.1, -0.05) is 13.3 Å². The van der Waals surface area contributed by atoms with Crippen LogP contribution < -0.4 is 5.32 Å². The highest BCUT2D eigenvalue weighted by molar-refractivity contribution is 6.38. The molecular formula is C14H26N2O2. The summed E-state index contributed by atoms with van der Waals surface area (Å²) in [6.07, 6.45) is 3.65. The molecule has 18 heavy (non-hydrogen) atoms. The fraction of sp³-hybridized carbons (Fsp3) is 0.857. The lowest BCUT2D eigenvalue weighted by molar-refractivity contribution is -0.145. The van der Waals surface area contributed by atoms with Gasteiger partial charge in [-0.3, -0.25) is 9.59 Å². The molecule has 1 atom stereocenters. The molecule has 0 aromatic rings. The van der Waals surface area contributed by atoms with Crippen LogP contribution >= 0.6 is 0 Å². The average Bonchev–Trinajstić information content (AvgIpc) is 2.78. The summed E-state index contributed by atoms with van der Waals surface area (Å²) in [6, 6.07) is -0.344. The smallest absolute Gasteiger partial charge is 0.291 e. The van der Waals surface area contributed by atoms with Crippen molar-refractivity contribution in [2.24, 2.45) is 0 Å². The highest BCUT2D eigenvalue weighted by Crippen LogP contribution is 2.12. The number of carbonyl (C=O) groups is 2. The van der Waals surface area contributed by atoms with Crippen molar-refractivity contribution in [3.8, 4) is 0 Å². The van der Waals surface area contributed by atoms with Crippen LogP contribution in [0.25, 0.3) is 0 Å². The molecule has 0 bridgehead atoms. The normalized spacial score (nSPS) is 17.9. The van der Waals surface area contributed by atoms with Gasteiger partial charge in [0.25, 0.3) is 5.91 Å². The lowest BCUT2D eigenvalue weighted by Crippen LogP contribution is -2.52. The van der Waals surface area contributed by atoms with Gasteiger partial charge in [0, 0.05) is 18.6 Å². The Bertz CT molecular complexity index is 301. The Morgan fingerprint density at radius 3 is 2.22 bits per heavy atom. The van der Waals surface area contributed by atoms with Crippen molar-refractivity contribution in [2.45, 2.75) is 65.0 Å². The predicted molar refractivity (Wildman–Crippen MR) is 72.4 cm³/mol. The maximum Gasteiger partial charge on any atom is 0.291 e. The van der Waals surface area contributed by atoms with Gasteiger partial charge in [-0.2, -0.15) is 0 Å². The second-order valence-electron chi connectivity index (χ2n) is 6.10. The van der Waals surface area contributed by atoms with E-state index in [1.807, 2.05) is 27.7 Å². The molecule has 1 unspecified atom stereocenters. The molecule has 4 nitrogen and oxygen atoms in total. The van der Waals surface area contributed by atoms with Gasteiger partial charge in [0.05, 0.1) is 6.04 Å². The SMILES string of the molecule is CCCC(NC(C)(C)C)C(=O)C(=O)N1CCCC1. The van der Waals surface area contributed by atoms with E-state index in [2.05, 4.69) is 5.32 Å². The molecule has 0 radical (unpaired) electrons. The molecule has 104 valence electrons. The second-order valence-corrected chi connectivity index (χ2v) is 6.10. The molecule has 0 aliphatic carbocycles. The molecule has 4 heteroatoms. The maximum atomic E-state index is 12.2. The van der Waals surface area contributed by atoms with Crippen LogP contribution in [0.3, 0.4) is 0 Å². The van der Waals surface area contributed by atoms with Crippen molar-refractivity contribution in [1.29, 1.82) is 0 Å². The number of nitrogens with zero attached hydrogens (tertiary/aromatic N) is 1. The largest absolute Gasteiger partial charge is 0.336 e. The number of Topliss-reactive ketones (excluding diaryl/α,β-unsaturated/α-hetero) is 1. The Morgan fingerprint density at radius 2 is 1.78 bits per heavy atom. The summed E-state index contributed by atoms with van der Waals surface area (Å²) in [5.41, 5.74) is -0.152. The standard InChI is InChI=1S/C14H26N2O2/c1-5-8-11(15-14(2,3)4)12(17)13(18)16-9-6-7-10-16/h11,15H,5-10H2,1-4H3. The summed E-state index contributed by atoms with van der Waals surface area (Å²) >= 11 is 0. The van der Waals surface area contributed by atoms with E-state index in [1.165, 1.54) is 0 Å². The molecule has 1 N–H and O–H groups in total. The Labute approximate surface area is 110 Å². The van der Waals surface area contributed by atoms with Crippen LogP contribution in [0.15, 0.2) is 0 Å². The topological polar surface area (TPSA) is 49.4 Å². The Balaban J connectivity index is 2.66. The highest BCUT2D eigenvalue weighted by Gasteiger charge is 2.31. The second kappa shape index (κ2) is 6.32. The average molecular weight is 254 g/mol. The summed E-state index contributed by atoms with van der Waals surface area (Å²) in [4.78, 5) is 26.0. The van der Waals surface area contributed by atoms with Crippen molar-refractivity contribution < 1.29 is 9.59 Å². The van der Waals surface area contributed by atoms with Crippen LogP contribution in [-0.2, 0) is 9.59 Å². The fourth-order valence-corrected chi connectivity index (χ4v) is 2.31. The van der Waals surface area contributed by atoms with Crippen molar-refractivity contribution in [2.75, 3.05) is 13.1 Å². The van der Waals surface area contributed by atoms with Crippen LogP contribution in [0.4, 0.5) is 0 Å². The molecule has 0 spiro atoms. The first kappa shape index (κ1) is 15.2. The van der Waals surface area contributed by atoms with Crippen LogP contribution in [0.2, 0.25) is 0 Å². The van der Waals surface area contributed by atoms with Crippen molar-refractivity contribution in [3.05, 3.63) is 0 Å². The molecule has 1 rings (SSSR count). The van der Waals surface area contributed by atoms with E-state index in [0.717, 1.165) is 38.8 Å². The summed E-state index contributed by atoms with van der Waals surface area (Å²) in [5, 5.41) is 3.26. The third kappa shape index (κ3) is 4.41. The Hall–Kier alpha value is -0.900. The molecule has 1 heterocycles. The first-order valence-corrected chi connectivity index (χ1v) is 6.96. The molecule has 1 saturated heterocycles. The Morgan fingerprint density at radius 1 is 1.22 bits per heavy atom. The molecule has 1 aliphatic rings. The zero-order chi connectivity index (χ0) is 13.8. The van der Waals surface area contributed by atoms with E-state index in [4.69, 9.17) is 0 Å². The van der Waals surface area contributed by atoms with Crippen molar-refractivity contribution in [3.63, 3.8) is 0 Å². The minimum atomic E-state index is -0.344. The highest BCUT2D eigenvalue weighted by atomic mass is 16.2. The fourth-order valence-electron chi connectivity index (χ4n) is 2.31. The van der Waals surface area contributed by atoms with Gasteiger partial charge in [-0.05, 0) is 40.0 Å². The number of carbonyl (C=O) groups excluding carboxylic acids is 2. The van der Waals surface area contributed by atoms with Gasteiger partial charge in [0.15, 0.2) is 0 Å². The van der Waals surface area contributed by atoms with E-state index >= 15 is 0 Å². The maximum absolute atomic E-state index is 12.2. The summed E-state index contributed by atoms with van der Waals surface area (Å²) in [5.74, 6) is -0.573. The lowest BCUT2D eigenvalue weighted by atomic mass is 10.0. The number of nitrogens with one attached hydrogen (secondary N) is 1. The van der Waals surface area contributed by atoms with Gasteiger partial charge >= 0.3 is 0 Å². The minimum Gasteiger partial charge on any atom is -0.336 e. The van der Waals surface area contributed by atoms with Gasteiger partial charge in [0.1, 0.15) is 0 Å². The van der Waals surface area contributed by atoms with Gasteiger partial charge in [0.2, 0.25) is 5.78 Å².